The van der Waals surface area contributed by atoms with Crippen molar-refractivity contribution in [2.24, 2.45) is 7.05 Å². The van der Waals surface area contributed by atoms with E-state index in [0.717, 1.165) is 49.8 Å². The third-order valence-electron chi connectivity index (χ3n) is 4.14. The highest BCUT2D eigenvalue weighted by Crippen LogP contribution is 2.26. The Balaban J connectivity index is 0.000000647. The van der Waals surface area contributed by atoms with Crippen molar-refractivity contribution in [3.8, 4) is 0 Å². The minimum atomic E-state index is -0.250. The molecule has 2 aromatic heterocycles. The van der Waals surface area contributed by atoms with Gasteiger partial charge in [-0.2, -0.15) is 0 Å². The summed E-state index contributed by atoms with van der Waals surface area (Å²) in [6.45, 7) is 4.59. The first-order valence-electron chi connectivity index (χ1n) is 7.88. The highest BCUT2D eigenvalue weighted by molar-refractivity contribution is 5.32. The zero-order chi connectivity index (χ0) is 17.5. The molecule has 1 aliphatic heterocycles. The van der Waals surface area contributed by atoms with E-state index in [0.29, 0.717) is 11.7 Å². The predicted octanol–water partition coefficient (Wildman–Crippen LogP) is 0.419. The fourth-order valence-corrected chi connectivity index (χ4v) is 3.04. The van der Waals surface area contributed by atoms with Gasteiger partial charge in [-0.15, -0.1) is 10.2 Å². The van der Waals surface area contributed by atoms with Crippen LogP contribution in [0.2, 0.25) is 0 Å². The molecule has 3 heterocycles. The van der Waals surface area contributed by atoms with Crippen LogP contribution >= 0.6 is 0 Å². The molecule has 1 atom stereocenters. The SMILES string of the molecule is Cc1cnc(CN2CCCC(c3nnc(CO)n3C)C2)[nH]1.O=CO. The first kappa shape index (κ1) is 18.1. The summed E-state index contributed by atoms with van der Waals surface area (Å²) in [5.41, 5.74) is 1.10. The van der Waals surface area contributed by atoms with Gasteiger partial charge in [0, 0.05) is 31.4 Å². The standard InChI is InChI=1S/C14H22N6O.CH2O2/c1-10-6-15-12(16-10)8-20-5-3-4-11(7-20)14-18-17-13(9-21)19(14)2;2-1-3/h6,11,21H,3-5,7-9H2,1-2H3,(H,15,16);1H,(H,2,3). The highest BCUT2D eigenvalue weighted by atomic mass is 16.3. The Kier molecular flexibility index (Phi) is 6.44. The molecule has 0 amide bonds. The van der Waals surface area contributed by atoms with Crippen molar-refractivity contribution in [2.45, 2.75) is 38.8 Å². The maximum Gasteiger partial charge on any atom is 0.290 e. The van der Waals surface area contributed by atoms with Gasteiger partial charge in [-0.05, 0) is 26.3 Å². The zero-order valence-electron chi connectivity index (χ0n) is 14.0. The molecule has 132 valence electrons. The Morgan fingerprint density at radius 1 is 1.46 bits per heavy atom. The molecule has 1 saturated heterocycles. The van der Waals surface area contributed by atoms with E-state index in [4.69, 9.17) is 9.90 Å². The van der Waals surface area contributed by atoms with Crippen LogP contribution in [0.3, 0.4) is 0 Å². The molecule has 0 aliphatic carbocycles. The number of piperidine rings is 1. The first-order chi connectivity index (χ1) is 11.6. The summed E-state index contributed by atoms with van der Waals surface area (Å²) in [5.74, 6) is 2.98. The number of carboxylic acid groups (broad SMARTS) is 1. The van der Waals surface area contributed by atoms with Crippen molar-refractivity contribution < 1.29 is 15.0 Å². The normalized spacial score (nSPS) is 18.0. The number of hydrogen-bond acceptors (Lipinski definition) is 6. The minimum absolute atomic E-state index is 0.0639. The molecule has 1 fully saturated rings. The molecule has 9 nitrogen and oxygen atoms in total. The molecule has 3 N–H and O–H groups in total. The third-order valence-corrected chi connectivity index (χ3v) is 4.14. The number of carbonyl (C=O) groups is 1. The average molecular weight is 336 g/mol. The average Bonchev–Trinajstić information content (AvgIpc) is 3.14. The van der Waals surface area contributed by atoms with E-state index in [2.05, 4.69) is 25.1 Å². The lowest BCUT2D eigenvalue weighted by molar-refractivity contribution is -0.122. The lowest BCUT2D eigenvalue weighted by Gasteiger charge is -2.31. The molecular formula is C15H24N6O3. The Hall–Kier alpha value is -2.26. The molecule has 1 aliphatic rings. The monoisotopic (exact) mass is 336 g/mol. The largest absolute Gasteiger partial charge is 0.483 e. The second kappa shape index (κ2) is 8.55. The second-order valence-corrected chi connectivity index (χ2v) is 5.88. The Bertz CT molecular complexity index is 653. The Morgan fingerprint density at radius 2 is 2.21 bits per heavy atom. The number of aliphatic hydroxyl groups is 1. The summed E-state index contributed by atoms with van der Waals surface area (Å²) in [6.07, 6.45) is 4.13. The molecular weight excluding hydrogens is 312 g/mol. The van der Waals surface area contributed by atoms with Gasteiger partial charge < -0.3 is 19.8 Å². The number of aromatic nitrogens is 5. The van der Waals surface area contributed by atoms with Crippen molar-refractivity contribution in [2.75, 3.05) is 13.1 Å². The van der Waals surface area contributed by atoms with Crippen LogP contribution in [0, 0.1) is 6.92 Å². The molecule has 0 spiro atoms. The zero-order valence-corrected chi connectivity index (χ0v) is 14.0. The highest BCUT2D eigenvalue weighted by Gasteiger charge is 2.26. The van der Waals surface area contributed by atoms with Gasteiger partial charge in [0.2, 0.25) is 0 Å². The van der Waals surface area contributed by atoms with E-state index in [1.54, 1.807) is 0 Å². The number of aromatic amines is 1. The van der Waals surface area contributed by atoms with Crippen LogP contribution in [-0.2, 0) is 25.0 Å². The molecule has 0 radical (unpaired) electrons. The Morgan fingerprint density at radius 3 is 2.79 bits per heavy atom. The van der Waals surface area contributed by atoms with Crippen molar-refractivity contribution >= 4 is 6.47 Å². The minimum Gasteiger partial charge on any atom is -0.483 e. The first-order valence-corrected chi connectivity index (χ1v) is 7.88. The summed E-state index contributed by atoms with van der Waals surface area (Å²) in [7, 11) is 1.93. The van der Waals surface area contributed by atoms with Crippen LogP contribution in [-0.4, -0.2) is 59.4 Å². The van der Waals surface area contributed by atoms with Crippen LogP contribution in [0.15, 0.2) is 6.20 Å². The van der Waals surface area contributed by atoms with Crippen molar-refractivity contribution in [1.29, 1.82) is 0 Å². The van der Waals surface area contributed by atoms with E-state index in [9.17, 15) is 5.11 Å². The molecule has 9 heteroatoms. The topological polar surface area (TPSA) is 120 Å². The van der Waals surface area contributed by atoms with E-state index >= 15 is 0 Å². The van der Waals surface area contributed by atoms with Crippen LogP contribution in [0.5, 0.6) is 0 Å². The van der Waals surface area contributed by atoms with Crippen LogP contribution in [0.4, 0.5) is 0 Å². The summed E-state index contributed by atoms with van der Waals surface area (Å²) in [4.78, 5) is 18.4. The molecule has 0 aromatic carbocycles. The van der Waals surface area contributed by atoms with Crippen LogP contribution < -0.4 is 0 Å². The number of aliphatic hydroxyl groups excluding tert-OH is 1. The molecule has 1 unspecified atom stereocenters. The van der Waals surface area contributed by atoms with Crippen LogP contribution in [0.1, 0.15) is 41.9 Å². The number of aryl methyl sites for hydroxylation is 1. The quantitative estimate of drug-likeness (QED) is 0.692. The maximum absolute atomic E-state index is 9.23. The Labute approximate surface area is 140 Å². The predicted molar refractivity (Wildman–Crippen MR) is 86.2 cm³/mol. The number of rotatable bonds is 4. The molecule has 0 saturated carbocycles. The molecule has 0 bridgehead atoms. The smallest absolute Gasteiger partial charge is 0.290 e. The van der Waals surface area contributed by atoms with Gasteiger partial charge in [0.05, 0.1) is 6.54 Å². The van der Waals surface area contributed by atoms with E-state index in [-0.39, 0.29) is 13.1 Å². The summed E-state index contributed by atoms with van der Waals surface area (Å²) < 4.78 is 1.92. The number of likely N-dealkylation sites (tertiary alicyclic amines) is 1. The molecule has 2 aromatic rings. The summed E-state index contributed by atoms with van der Waals surface area (Å²) >= 11 is 0. The number of nitrogens with zero attached hydrogens (tertiary/aromatic N) is 5. The van der Waals surface area contributed by atoms with Gasteiger partial charge >= 0.3 is 0 Å². The number of nitrogens with one attached hydrogen (secondary N) is 1. The van der Waals surface area contributed by atoms with Crippen molar-refractivity contribution in [3.63, 3.8) is 0 Å². The fourth-order valence-electron chi connectivity index (χ4n) is 3.04. The van der Waals surface area contributed by atoms with Gasteiger partial charge in [-0.1, -0.05) is 0 Å². The van der Waals surface area contributed by atoms with Gasteiger partial charge in [0.1, 0.15) is 18.3 Å². The summed E-state index contributed by atoms with van der Waals surface area (Å²) in [5, 5.41) is 24.4. The van der Waals surface area contributed by atoms with Gasteiger partial charge in [0.15, 0.2) is 5.82 Å². The van der Waals surface area contributed by atoms with Gasteiger partial charge in [-0.3, -0.25) is 9.69 Å². The molecule has 24 heavy (non-hydrogen) atoms. The summed E-state index contributed by atoms with van der Waals surface area (Å²) in [6, 6.07) is 0. The fraction of sp³-hybridized carbons (Fsp3) is 0.600. The van der Waals surface area contributed by atoms with Crippen molar-refractivity contribution in [3.05, 3.63) is 29.4 Å². The van der Waals surface area contributed by atoms with Gasteiger partial charge in [0.25, 0.3) is 6.47 Å². The van der Waals surface area contributed by atoms with Crippen molar-refractivity contribution in [1.82, 2.24) is 29.6 Å². The lowest BCUT2D eigenvalue weighted by atomic mass is 9.97. The van der Waals surface area contributed by atoms with Gasteiger partial charge in [-0.25, -0.2) is 4.98 Å². The number of H-pyrrole nitrogens is 1. The van der Waals surface area contributed by atoms with E-state index < -0.39 is 0 Å². The number of hydrogen-bond donors (Lipinski definition) is 3. The number of imidazole rings is 1. The van der Waals surface area contributed by atoms with Crippen LogP contribution in [0.25, 0.3) is 0 Å². The van der Waals surface area contributed by atoms with E-state index in [1.165, 1.54) is 0 Å². The van der Waals surface area contributed by atoms with E-state index in [1.807, 2.05) is 24.7 Å². The lowest BCUT2D eigenvalue weighted by Crippen LogP contribution is -2.35. The second-order valence-electron chi connectivity index (χ2n) is 5.88. The molecule has 3 rings (SSSR count). The third kappa shape index (κ3) is 4.39. The maximum atomic E-state index is 9.23.